The van der Waals surface area contributed by atoms with Gasteiger partial charge in [0, 0.05) is 23.2 Å². The largest absolute Gasteiger partial charge is 0.497 e. The van der Waals surface area contributed by atoms with Crippen molar-refractivity contribution in [2.45, 2.75) is 19.1 Å². The average molecular weight is 417 g/mol. The van der Waals surface area contributed by atoms with E-state index in [0.29, 0.717) is 28.8 Å². The quantitative estimate of drug-likeness (QED) is 0.697. The number of hydroxylamine groups is 1. The second-order valence-corrected chi connectivity index (χ2v) is 7.26. The fraction of sp³-hybridized carbons (Fsp3) is 0.333. The van der Waals surface area contributed by atoms with Crippen LogP contribution in [-0.2, 0) is 14.4 Å². The number of fused-ring (bicyclic) bond motifs is 1. The molecule has 29 heavy (non-hydrogen) atoms. The lowest BCUT2D eigenvalue weighted by atomic mass is 9.90. The van der Waals surface area contributed by atoms with E-state index in [0.717, 1.165) is 5.56 Å². The van der Waals surface area contributed by atoms with Crippen LogP contribution in [0.1, 0.15) is 18.5 Å². The Balaban J connectivity index is 1.84. The van der Waals surface area contributed by atoms with Gasteiger partial charge in [-0.2, -0.15) is 0 Å². The highest BCUT2D eigenvalue weighted by Gasteiger charge is 2.60. The number of carbonyl (C=O) groups excluding carboxylic acids is 2. The van der Waals surface area contributed by atoms with Gasteiger partial charge in [0.2, 0.25) is 5.91 Å². The molecule has 0 radical (unpaired) electrons. The maximum absolute atomic E-state index is 13.1. The maximum atomic E-state index is 13.1. The molecule has 3 unspecified atom stereocenters. The normalized spacial score (nSPS) is 23.5. The van der Waals surface area contributed by atoms with E-state index in [2.05, 4.69) is 0 Å². The smallest absolute Gasteiger partial charge is 0.261 e. The Morgan fingerprint density at radius 1 is 1.03 bits per heavy atom. The topological polar surface area (TPSA) is 68.3 Å². The molecule has 2 aromatic carbocycles. The number of anilines is 1. The van der Waals surface area contributed by atoms with Crippen LogP contribution in [0.15, 0.2) is 42.5 Å². The molecule has 0 N–H and O–H groups in total. The number of imide groups is 1. The molecule has 2 aliphatic rings. The molecule has 2 aliphatic heterocycles. The molecular formula is C21H21ClN2O5. The van der Waals surface area contributed by atoms with Crippen molar-refractivity contribution in [1.29, 1.82) is 0 Å². The minimum absolute atomic E-state index is 0.248. The lowest BCUT2D eigenvalue weighted by Gasteiger charge is -2.29. The van der Waals surface area contributed by atoms with E-state index in [1.165, 1.54) is 4.90 Å². The summed E-state index contributed by atoms with van der Waals surface area (Å²) in [5.41, 5.74) is 1.42. The lowest BCUT2D eigenvalue weighted by molar-refractivity contribution is -0.142. The SMILES string of the molecule is CCN1C(=O)C2ON(c3ccc(Cl)cc3)C(c3ccc(OC)cc3OC)C2C1=O. The van der Waals surface area contributed by atoms with Crippen molar-refractivity contribution >= 4 is 29.1 Å². The van der Waals surface area contributed by atoms with Gasteiger partial charge in [0.1, 0.15) is 17.4 Å². The standard InChI is InChI=1S/C21H21ClN2O5/c1-4-23-20(25)17-18(15-10-9-14(27-2)11-16(15)28-3)24(29-19(17)21(23)26)13-7-5-12(22)6-8-13/h5-11,17-19H,4H2,1-3H3. The van der Waals surface area contributed by atoms with Crippen molar-refractivity contribution < 1.29 is 23.9 Å². The molecule has 0 spiro atoms. The Morgan fingerprint density at radius 3 is 2.38 bits per heavy atom. The minimum Gasteiger partial charge on any atom is -0.497 e. The van der Waals surface area contributed by atoms with Crippen LogP contribution in [0.4, 0.5) is 5.69 Å². The molecule has 0 saturated carbocycles. The maximum Gasteiger partial charge on any atom is 0.261 e. The van der Waals surface area contributed by atoms with Crippen molar-refractivity contribution in [3.8, 4) is 11.5 Å². The van der Waals surface area contributed by atoms with E-state index in [-0.39, 0.29) is 11.8 Å². The first-order valence-electron chi connectivity index (χ1n) is 9.28. The van der Waals surface area contributed by atoms with Gasteiger partial charge in [-0.15, -0.1) is 0 Å². The van der Waals surface area contributed by atoms with Gasteiger partial charge in [0.05, 0.1) is 25.9 Å². The number of nitrogens with zero attached hydrogens (tertiary/aromatic N) is 2. The van der Waals surface area contributed by atoms with Crippen molar-refractivity contribution in [3.63, 3.8) is 0 Å². The summed E-state index contributed by atoms with van der Waals surface area (Å²) in [5.74, 6) is -0.0745. The zero-order chi connectivity index (χ0) is 20.7. The molecule has 4 rings (SSSR count). The Hall–Kier alpha value is -2.77. The number of benzene rings is 2. The van der Waals surface area contributed by atoms with E-state index < -0.39 is 18.1 Å². The summed E-state index contributed by atoms with van der Waals surface area (Å²) in [6.07, 6.45) is -0.880. The number of likely N-dealkylation sites (N-methyl/N-ethyl adjacent to an activating group) is 1. The number of hydrogen-bond acceptors (Lipinski definition) is 6. The van der Waals surface area contributed by atoms with Gasteiger partial charge < -0.3 is 9.47 Å². The van der Waals surface area contributed by atoms with Gasteiger partial charge in [-0.05, 0) is 43.3 Å². The summed E-state index contributed by atoms with van der Waals surface area (Å²) < 4.78 is 10.9. The zero-order valence-corrected chi connectivity index (χ0v) is 17.1. The van der Waals surface area contributed by atoms with Crippen LogP contribution in [0, 0.1) is 5.92 Å². The van der Waals surface area contributed by atoms with Crippen LogP contribution < -0.4 is 14.5 Å². The Labute approximate surface area is 173 Å². The second-order valence-electron chi connectivity index (χ2n) is 6.83. The summed E-state index contributed by atoms with van der Waals surface area (Å²) in [4.78, 5) is 33.1. The summed E-state index contributed by atoms with van der Waals surface area (Å²) in [6, 6.07) is 11.9. The summed E-state index contributed by atoms with van der Waals surface area (Å²) in [5, 5.41) is 2.19. The molecule has 2 aromatic rings. The number of carbonyl (C=O) groups is 2. The average Bonchev–Trinajstić information content (AvgIpc) is 3.24. The van der Waals surface area contributed by atoms with Gasteiger partial charge in [0.15, 0.2) is 6.10 Å². The molecule has 2 amide bonds. The highest BCUT2D eigenvalue weighted by Crippen LogP contribution is 2.49. The Kier molecular flexibility index (Phi) is 5.10. The van der Waals surface area contributed by atoms with Crippen molar-refractivity contribution in [3.05, 3.63) is 53.1 Å². The molecule has 8 heteroatoms. The first-order chi connectivity index (χ1) is 14.0. The molecule has 7 nitrogen and oxygen atoms in total. The summed E-state index contributed by atoms with van der Waals surface area (Å²) in [6.45, 7) is 2.08. The summed E-state index contributed by atoms with van der Waals surface area (Å²) in [7, 11) is 3.12. The van der Waals surface area contributed by atoms with Crippen LogP contribution in [-0.4, -0.2) is 43.6 Å². The van der Waals surface area contributed by atoms with E-state index in [9.17, 15) is 9.59 Å². The fourth-order valence-corrected chi connectivity index (χ4v) is 4.10. The van der Waals surface area contributed by atoms with Gasteiger partial charge >= 0.3 is 0 Å². The lowest BCUT2D eigenvalue weighted by Crippen LogP contribution is -2.37. The highest BCUT2D eigenvalue weighted by molar-refractivity contribution is 6.30. The number of methoxy groups -OCH3 is 2. The van der Waals surface area contributed by atoms with Gasteiger partial charge in [-0.3, -0.25) is 19.3 Å². The number of rotatable bonds is 5. The molecule has 0 aliphatic carbocycles. The molecular weight excluding hydrogens is 396 g/mol. The third-order valence-corrected chi connectivity index (χ3v) is 5.62. The highest BCUT2D eigenvalue weighted by atomic mass is 35.5. The van der Waals surface area contributed by atoms with Crippen molar-refractivity contribution in [1.82, 2.24) is 4.90 Å². The van der Waals surface area contributed by atoms with Gasteiger partial charge in [-0.1, -0.05) is 11.6 Å². The number of halogens is 1. The third kappa shape index (κ3) is 3.10. The van der Waals surface area contributed by atoms with Gasteiger partial charge in [-0.25, -0.2) is 5.06 Å². The van der Waals surface area contributed by atoms with Gasteiger partial charge in [0.25, 0.3) is 5.91 Å². The monoisotopic (exact) mass is 416 g/mol. The van der Waals surface area contributed by atoms with Crippen LogP contribution in [0.2, 0.25) is 5.02 Å². The fourth-order valence-electron chi connectivity index (χ4n) is 3.97. The van der Waals surface area contributed by atoms with E-state index in [1.807, 2.05) is 6.07 Å². The van der Waals surface area contributed by atoms with E-state index in [1.54, 1.807) is 62.6 Å². The van der Waals surface area contributed by atoms with Crippen LogP contribution >= 0.6 is 11.6 Å². The first-order valence-corrected chi connectivity index (χ1v) is 9.66. The molecule has 2 fully saturated rings. The Morgan fingerprint density at radius 2 is 1.76 bits per heavy atom. The first kappa shape index (κ1) is 19.5. The summed E-state index contributed by atoms with van der Waals surface area (Å²) >= 11 is 6.02. The number of hydrogen-bond donors (Lipinski definition) is 0. The molecule has 2 heterocycles. The molecule has 2 saturated heterocycles. The predicted molar refractivity (Wildman–Crippen MR) is 107 cm³/mol. The zero-order valence-electron chi connectivity index (χ0n) is 16.3. The molecule has 0 aromatic heterocycles. The van der Waals surface area contributed by atoms with Crippen molar-refractivity contribution in [2.75, 3.05) is 25.8 Å². The molecule has 0 bridgehead atoms. The van der Waals surface area contributed by atoms with Crippen LogP contribution in [0.3, 0.4) is 0 Å². The molecule has 152 valence electrons. The second kappa shape index (κ2) is 7.57. The van der Waals surface area contributed by atoms with Crippen LogP contribution in [0.5, 0.6) is 11.5 Å². The van der Waals surface area contributed by atoms with Crippen molar-refractivity contribution in [2.24, 2.45) is 5.92 Å². The Bertz CT molecular complexity index is 949. The van der Waals surface area contributed by atoms with Crippen LogP contribution in [0.25, 0.3) is 0 Å². The van der Waals surface area contributed by atoms with E-state index >= 15 is 0 Å². The predicted octanol–water partition coefficient (Wildman–Crippen LogP) is 3.22. The number of ether oxygens (including phenoxy) is 2. The number of amides is 2. The van der Waals surface area contributed by atoms with E-state index in [4.69, 9.17) is 25.9 Å². The minimum atomic E-state index is -0.880. The molecule has 3 atom stereocenters. The number of likely N-dealkylation sites (tertiary alicyclic amines) is 1. The third-order valence-electron chi connectivity index (χ3n) is 5.36.